The summed E-state index contributed by atoms with van der Waals surface area (Å²) in [6.07, 6.45) is 3.29. The number of carboxylic acid groups (broad SMARTS) is 1. The van der Waals surface area contributed by atoms with E-state index in [0.29, 0.717) is 6.54 Å². The van der Waals surface area contributed by atoms with Crippen molar-refractivity contribution < 1.29 is 14.7 Å². The third-order valence-electron chi connectivity index (χ3n) is 3.81. The van der Waals surface area contributed by atoms with E-state index in [0.717, 1.165) is 5.82 Å². The number of carbonyl (C=O) groups excluding carboxylic acids is 1. The Morgan fingerprint density at radius 3 is 2.60 bits per heavy atom. The van der Waals surface area contributed by atoms with Crippen LogP contribution in [0.4, 0.5) is 10.6 Å². The van der Waals surface area contributed by atoms with Gasteiger partial charge in [0.1, 0.15) is 12.7 Å². The van der Waals surface area contributed by atoms with Crippen LogP contribution < -0.4 is 4.48 Å². The van der Waals surface area contributed by atoms with Gasteiger partial charge in [0.2, 0.25) is 5.82 Å². The van der Waals surface area contributed by atoms with Gasteiger partial charge in [-0.05, 0) is 0 Å². The summed E-state index contributed by atoms with van der Waals surface area (Å²) in [5, 5.41) is 9.31. The van der Waals surface area contributed by atoms with Crippen LogP contribution in [0.15, 0.2) is 12.5 Å². The number of hydrogen-bond acceptors (Lipinski definition) is 3. The molecule has 1 saturated heterocycles. The summed E-state index contributed by atoms with van der Waals surface area (Å²) in [5.41, 5.74) is 0. The Bertz CT molecular complexity index is 539. The molecule has 7 heteroatoms. The van der Waals surface area contributed by atoms with E-state index in [-0.39, 0.29) is 23.0 Å². The number of carbonyl (C=O) groups is 2. The van der Waals surface area contributed by atoms with Crippen molar-refractivity contribution in [3.8, 4) is 0 Å². The van der Waals surface area contributed by atoms with E-state index in [1.807, 2.05) is 20.9 Å². The van der Waals surface area contributed by atoms with Crippen molar-refractivity contribution in [1.29, 1.82) is 0 Å². The smallest absolute Gasteiger partial charge is 0.426 e. The van der Waals surface area contributed by atoms with Crippen LogP contribution in [0, 0.1) is 5.92 Å². The number of urea groups is 1. The van der Waals surface area contributed by atoms with E-state index in [1.54, 1.807) is 24.1 Å². The van der Waals surface area contributed by atoms with Crippen LogP contribution in [0.3, 0.4) is 0 Å². The first kappa shape index (κ1) is 14.5. The molecule has 110 valence electrons. The molecule has 1 aromatic rings. The number of aryl methyl sites for hydroxylation is 1. The van der Waals surface area contributed by atoms with Gasteiger partial charge in [0, 0.05) is 20.0 Å². The number of quaternary nitrogens is 1. The van der Waals surface area contributed by atoms with Crippen molar-refractivity contribution in [1.82, 2.24) is 18.9 Å². The molecule has 0 aliphatic carbocycles. The fraction of sp³-hybridized carbons (Fsp3) is 0.615. The Balaban J connectivity index is 2.52. The minimum Gasteiger partial charge on any atom is -0.480 e. The van der Waals surface area contributed by atoms with E-state index < -0.39 is 12.0 Å². The number of aromatic nitrogens is 2. The Morgan fingerprint density at radius 2 is 2.20 bits per heavy atom. The van der Waals surface area contributed by atoms with Crippen LogP contribution in [-0.2, 0) is 11.8 Å². The van der Waals surface area contributed by atoms with Gasteiger partial charge < -0.3 is 5.11 Å². The summed E-state index contributed by atoms with van der Waals surface area (Å²) >= 11 is 0. The first-order valence-corrected chi connectivity index (χ1v) is 6.63. The summed E-state index contributed by atoms with van der Waals surface area (Å²) in [6, 6.07) is -0.981. The number of likely N-dealkylation sites (N-methyl/N-ethyl adjacent to an activating group) is 1. The molecule has 1 unspecified atom stereocenters. The zero-order valence-electron chi connectivity index (χ0n) is 12.3. The lowest BCUT2D eigenvalue weighted by atomic mass is 10.1. The summed E-state index contributed by atoms with van der Waals surface area (Å²) in [6.45, 7) is 4.85. The average Bonchev–Trinajstić information content (AvgIpc) is 2.87. The highest BCUT2D eigenvalue weighted by Gasteiger charge is 2.56. The average molecular weight is 281 g/mol. The largest absolute Gasteiger partial charge is 0.480 e. The number of amides is 2. The lowest BCUT2D eigenvalue weighted by Crippen LogP contribution is -2.55. The predicted octanol–water partition coefficient (Wildman–Crippen LogP) is 0.902. The van der Waals surface area contributed by atoms with Crippen LogP contribution in [-0.4, -0.2) is 57.7 Å². The van der Waals surface area contributed by atoms with E-state index in [1.165, 1.54) is 4.90 Å². The van der Waals surface area contributed by atoms with Crippen molar-refractivity contribution in [3.63, 3.8) is 0 Å². The van der Waals surface area contributed by atoms with Gasteiger partial charge in [0.15, 0.2) is 6.04 Å². The zero-order chi connectivity index (χ0) is 15.1. The Kier molecular flexibility index (Phi) is 3.56. The maximum absolute atomic E-state index is 12.7. The first-order chi connectivity index (χ1) is 9.29. The van der Waals surface area contributed by atoms with Crippen LogP contribution in [0.25, 0.3) is 0 Å². The van der Waals surface area contributed by atoms with Crippen LogP contribution >= 0.6 is 0 Å². The van der Waals surface area contributed by atoms with Crippen molar-refractivity contribution in [3.05, 3.63) is 12.5 Å². The molecule has 1 N–H and O–H groups in total. The monoisotopic (exact) mass is 281 g/mol. The number of rotatable bonds is 4. The van der Waals surface area contributed by atoms with Crippen molar-refractivity contribution in [2.45, 2.75) is 19.9 Å². The molecule has 2 rings (SSSR count). The first-order valence-electron chi connectivity index (χ1n) is 6.63. The molecule has 2 heterocycles. The summed E-state index contributed by atoms with van der Waals surface area (Å²) < 4.78 is 1.81. The molecular formula is C13H21N4O3+. The summed E-state index contributed by atoms with van der Waals surface area (Å²) in [7, 11) is 3.38. The number of hydrogen-bond donors (Lipinski definition) is 1. The number of imidazole rings is 1. The van der Waals surface area contributed by atoms with Crippen molar-refractivity contribution >= 4 is 17.8 Å². The second-order valence-corrected chi connectivity index (χ2v) is 5.84. The molecule has 0 saturated carbocycles. The summed E-state index contributed by atoms with van der Waals surface area (Å²) in [4.78, 5) is 29.5. The van der Waals surface area contributed by atoms with Gasteiger partial charge in [-0.25, -0.2) is 14.6 Å². The van der Waals surface area contributed by atoms with Crippen molar-refractivity contribution in [2.75, 3.05) is 20.1 Å². The Labute approximate surface area is 118 Å². The molecule has 2 amide bonds. The van der Waals surface area contributed by atoms with Gasteiger partial charge in [0.25, 0.3) is 0 Å². The minimum absolute atomic E-state index is 0.0155. The minimum atomic E-state index is -0.966. The number of aliphatic carboxylic acids is 1. The predicted molar refractivity (Wildman–Crippen MR) is 74.2 cm³/mol. The highest BCUT2D eigenvalue weighted by atomic mass is 16.4. The molecule has 1 aromatic heterocycles. The van der Waals surface area contributed by atoms with E-state index in [9.17, 15) is 14.7 Å². The molecular weight excluding hydrogens is 260 g/mol. The van der Waals surface area contributed by atoms with Gasteiger partial charge in [-0.3, -0.25) is 9.47 Å². The molecule has 20 heavy (non-hydrogen) atoms. The normalized spacial score (nSPS) is 26.6. The molecule has 1 fully saturated rings. The van der Waals surface area contributed by atoms with Gasteiger partial charge in [-0.1, -0.05) is 13.8 Å². The highest BCUT2D eigenvalue weighted by Crippen LogP contribution is 2.32. The van der Waals surface area contributed by atoms with Crippen molar-refractivity contribution in [2.24, 2.45) is 13.0 Å². The van der Waals surface area contributed by atoms with E-state index in [2.05, 4.69) is 4.98 Å². The zero-order valence-corrected chi connectivity index (χ0v) is 12.3. The fourth-order valence-corrected chi connectivity index (χ4v) is 3.00. The quantitative estimate of drug-likeness (QED) is 0.832. The number of carboxylic acids is 1. The molecule has 7 nitrogen and oxygen atoms in total. The van der Waals surface area contributed by atoms with Gasteiger partial charge in [-0.2, -0.15) is 4.48 Å². The maximum Gasteiger partial charge on any atom is 0.426 e. The topological polar surface area (TPSA) is 75.4 Å². The highest BCUT2D eigenvalue weighted by molar-refractivity contribution is 5.94. The van der Waals surface area contributed by atoms with Gasteiger partial charge in [-0.15, -0.1) is 0 Å². The van der Waals surface area contributed by atoms with E-state index in [4.69, 9.17) is 0 Å². The Hall–Kier alpha value is -1.89. The fourth-order valence-electron chi connectivity index (χ4n) is 3.00. The third kappa shape index (κ3) is 2.07. The Morgan fingerprint density at radius 1 is 1.55 bits per heavy atom. The number of nitrogens with zero attached hydrogens (tertiary/aromatic N) is 4. The lowest BCUT2D eigenvalue weighted by Gasteiger charge is -2.30. The lowest BCUT2D eigenvalue weighted by molar-refractivity contribution is -0.140. The second kappa shape index (κ2) is 4.90. The molecule has 0 spiro atoms. The SMILES string of the molecule is CC(C)C[N+]1(c2cncn2C)C[C@@H](C(=O)O)N(C)C1=O. The van der Waals surface area contributed by atoms with E-state index >= 15 is 0 Å². The third-order valence-corrected chi connectivity index (χ3v) is 3.81. The van der Waals surface area contributed by atoms with Gasteiger partial charge in [0.05, 0.1) is 12.9 Å². The molecule has 2 atom stereocenters. The van der Waals surface area contributed by atoms with Crippen LogP contribution in [0.1, 0.15) is 13.8 Å². The molecule has 0 aromatic carbocycles. The van der Waals surface area contributed by atoms with Crippen LogP contribution in [0.5, 0.6) is 0 Å². The standard InChI is InChI=1S/C13H20N4O3/c1-9(2)6-17(11-5-14-8-15(11)3)7-10(12(18)19)16(4)13(17)20/h5,8-10H,6-7H2,1-4H3/p+1/t10-,17?/m0/s1. The second-order valence-electron chi connectivity index (χ2n) is 5.84. The molecule has 0 radical (unpaired) electrons. The van der Waals surface area contributed by atoms with Crippen LogP contribution in [0.2, 0.25) is 0 Å². The molecule has 1 aliphatic rings. The maximum atomic E-state index is 12.7. The summed E-state index contributed by atoms with van der Waals surface area (Å²) in [5.74, 6) is 0.0286. The van der Waals surface area contributed by atoms with Gasteiger partial charge >= 0.3 is 12.0 Å². The molecule has 1 aliphatic heterocycles. The molecule has 0 bridgehead atoms.